The van der Waals surface area contributed by atoms with Crippen molar-refractivity contribution in [2.24, 2.45) is 0 Å². The van der Waals surface area contributed by atoms with E-state index in [-0.39, 0.29) is 0 Å². The predicted octanol–water partition coefficient (Wildman–Crippen LogP) is 2.76. The van der Waals surface area contributed by atoms with Crippen molar-refractivity contribution in [3.8, 4) is 11.5 Å². The highest BCUT2D eigenvalue weighted by atomic mass is 16.4. The van der Waals surface area contributed by atoms with Crippen LogP contribution >= 0.6 is 0 Å². The first-order chi connectivity index (χ1) is 11.8. The molecule has 2 aromatic heterocycles. The predicted molar refractivity (Wildman–Crippen MR) is 90.6 cm³/mol. The smallest absolute Gasteiger partial charge is 0.247 e. The summed E-state index contributed by atoms with van der Waals surface area (Å²) in [7, 11) is 0. The van der Waals surface area contributed by atoms with E-state index in [2.05, 4.69) is 27.5 Å². The Morgan fingerprint density at radius 3 is 2.75 bits per heavy atom. The van der Waals surface area contributed by atoms with Gasteiger partial charge in [0.1, 0.15) is 6.54 Å². The zero-order valence-corrected chi connectivity index (χ0v) is 13.8. The van der Waals surface area contributed by atoms with Gasteiger partial charge in [0.2, 0.25) is 11.8 Å². The highest BCUT2D eigenvalue weighted by Gasteiger charge is 2.20. The second-order valence-electron chi connectivity index (χ2n) is 6.23. The van der Waals surface area contributed by atoms with Gasteiger partial charge in [-0.05, 0) is 56.5 Å². The first-order valence-corrected chi connectivity index (χ1v) is 8.42. The van der Waals surface area contributed by atoms with Gasteiger partial charge in [-0.3, -0.25) is 4.68 Å². The van der Waals surface area contributed by atoms with Gasteiger partial charge < -0.3 is 9.73 Å². The number of nitrogens with one attached hydrogen (secondary N) is 1. The highest BCUT2D eigenvalue weighted by molar-refractivity contribution is 5.51. The molecule has 0 spiro atoms. The minimum atomic E-state index is 0.511. The average molecular weight is 323 g/mol. The fraction of sp³-hybridized carbons (Fsp3) is 0.389. The molecule has 0 unspecified atom stereocenters. The van der Waals surface area contributed by atoms with Crippen molar-refractivity contribution < 1.29 is 4.42 Å². The molecular formula is C18H21N5O. The lowest BCUT2D eigenvalue weighted by atomic mass is 9.91. The van der Waals surface area contributed by atoms with Crippen molar-refractivity contribution in [1.82, 2.24) is 25.3 Å². The third-order valence-electron chi connectivity index (χ3n) is 4.69. The summed E-state index contributed by atoms with van der Waals surface area (Å²) in [5.41, 5.74) is 3.48. The van der Waals surface area contributed by atoms with E-state index in [1.54, 1.807) is 0 Å². The lowest BCUT2D eigenvalue weighted by Crippen LogP contribution is -2.26. The van der Waals surface area contributed by atoms with Crippen LogP contribution in [0.15, 0.2) is 40.9 Å². The summed E-state index contributed by atoms with van der Waals surface area (Å²) in [6.45, 7) is 4.80. The first-order valence-electron chi connectivity index (χ1n) is 8.42. The number of hydrogen-bond donors (Lipinski definition) is 1. The van der Waals surface area contributed by atoms with Gasteiger partial charge >= 0.3 is 0 Å². The van der Waals surface area contributed by atoms with Crippen LogP contribution in [0.1, 0.15) is 35.9 Å². The molecule has 1 aliphatic heterocycles. The van der Waals surface area contributed by atoms with Crippen LogP contribution in [-0.2, 0) is 6.54 Å². The van der Waals surface area contributed by atoms with E-state index in [1.165, 1.54) is 24.1 Å². The van der Waals surface area contributed by atoms with Crippen LogP contribution in [0, 0.1) is 6.92 Å². The van der Waals surface area contributed by atoms with Crippen molar-refractivity contribution >= 4 is 0 Å². The number of rotatable bonds is 4. The SMILES string of the molecule is Cc1c(C2CCNCC2)cnn1Cc1nnc(-c2ccccc2)o1. The van der Waals surface area contributed by atoms with Gasteiger partial charge in [-0.2, -0.15) is 5.10 Å². The summed E-state index contributed by atoms with van der Waals surface area (Å²) < 4.78 is 7.75. The maximum Gasteiger partial charge on any atom is 0.247 e. The Balaban J connectivity index is 1.52. The zero-order chi connectivity index (χ0) is 16.4. The minimum absolute atomic E-state index is 0.511. The second kappa shape index (κ2) is 6.57. The summed E-state index contributed by atoms with van der Waals surface area (Å²) in [4.78, 5) is 0. The number of hydrogen-bond acceptors (Lipinski definition) is 5. The lowest BCUT2D eigenvalue weighted by Gasteiger charge is -2.22. The number of aromatic nitrogens is 4. The van der Waals surface area contributed by atoms with Crippen molar-refractivity contribution in [3.63, 3.8) is 0 Å². The molecule has 1 aliphatic rings. The van der Waals surface area contributed by atoms with E-state index in [9.17, 15) is 0 Å². The topological polar surface area (TPSA) is 68.8 Å². The molecule has 0 bridgehead atoms. The molecule has 3 aromatic rings. The Morgan fingerprint density at radius 1 is 1.17 bits per heavy atom. The van der Waals surface area contributed by atoms with Gasteiger partial charge in [0.05, 0.1) is 6.20 Å². The van der Waals surface area contributed by atoms with Crippen LogP contribution in [0.25, 0.3) is 11.5 Å². The molecule has 0 saturated carbocycles. The van der Waals surface area contributed by atoms with E-state index < -0.39 is 0 Å². The van der Waals surface area contributed by atoms with Gasteiger partial charge in [-0.1, -0.05) is 18.2 Å². The third-order valence-corrected chi connectivity index (χ3v) is 4.69. The molecule has 0 aliphatic carbocycles. The third kappa shape index (κ3) is 2.97. The van der Waals surface area contributed by atoms with E-state index in [0.717, 1.165) is 18.7 Å². The van der Waals surface area contributed by atoms with Crippen molar-refractivity contribution in [1.29, 1.82) is 0 Å². The summed E-state index contributed by atoms with van der Waals surface area (Å²) in [5, 5.41) is 16.3. The fourth-order valence-corrected chi connectivity index (χ4v) is 3.30. The minimum Gasteiger partial charge on any atom is -0.419 e. The molecule has 1 fully saturated rings. The zero-order valence-electron chi connectivity index (χ0n) is 13.8. The van der Waals surface area contributed by atoms with Crippen LogP contribution in [0.5, 0.6) is 0 Å². The molecule has 6 heteroatoms. The van der Waals surface area contributed by atoms with Crippen molar-refractivity contribution in [2.75, 3.05) is 13.1 Å². The molecule has 6 nitrogen and oxygen atoms in total. The van der Waals surface area contributed by atoms with Crippen LogP contribution in [0.4, 0.5) is 0 Å². The standard InChI is InChI=1S/C18H21N5O/c1-13-16(14-7-9-19-10-8-14)11-20-23(13)12-17-21-22-18(24-17)15-5-3-2-4-6-15/h2-6,11,14,19H,7-10,12H2,1H3. The molecule has 1 saturated heterocycles. The van der Waals surface area contributed by atoms with Crippen molar-refractivity contribution in [3.05, 3.63) is 53.7 Å². The summed E-state index contributed by atoms with van der Waals surface area (Å²) in [6, 6.07) is 9.82. The molecule has 1 aromatic carbocycles. The van der Waals surface area contributed by atoms with Gasteiger partial charge in [0.25, 0.3) is 0 Å². The first kappa shape index (κ1) is 15.1. The molecule has 3 heterocycles. The number of benzene rings is 1. The molecule has 0 amide bonds. The molecular weight excluding hydrogens is 302 g/mol. The van der Waals surface area contributed by atoms with Gasteiger partial charge in [-0.15, -0.1) is 10.2 Å². The Hall–Kier alpha value is -2.47. The normalized spacial score (nSPS) is 15.7. The summed E-state index contributed by atoms with van der Waals surface area (Å²) >= 11 is 0. The lowest BCUT2D eigenvalue weighted by molar-refractivity contribution is 0.454. The number of piperidine rings is 1. The van der Waals surface area contributed by atoms with E-state index >= 15 is 0 Å². The van der Waals surface area contributed by atoms with Crippen LogP contribution < -0.4 is 5.32 Å². The molecule has 4 rings (SSSR count). The van der Waals surface area contributed by atoms with Crippen LogP contribution in [-0.4, -0.2) is 33.1 Å². The van der Waals surface area contributed by atoms with Crippen molar-refractivity contribution in [2.45, 2.75) is 32.2 Å². The molecule has 1 N–H and O–H groups in total. The van der Waals surface area contributed by atoms with Gasteiger partial charge in [-0.25, -0.2) is 0 Å². The largest absolute Gasteiger partial charge is 0.419 e. The molecule has 0 radical (unpaired) electrons. The summed E-state index contributed by atoms with van der Waals surface area (Å²) in [6.07, 6.45) is 4.34. The number of nitrogens with zero attached hydrogens (tertiary/aromatic N) is 4. The van der Waals surface area contributed by atoms with Gasteiger partial charge in [0.15, 0.2) is 0 Å². The molecule has 24 heavy (non-hydrogen) atoms. The Morgan fingerprint density at radius 2 is 1.96 bits per heavy atom. The van der Waals surface area contributed by atoms with E-state index in [1.807, 2.05) is 41.2 Å². The second-order valence-corrected chi connectivity index (χ2v) is 6.23. The highest BCUT2D eigenvalue weighted by Crippen LogP contribution is 2.28. The quantitative estimate of drug-likeness (QED) is 0.799. The monoisotopic (exact) mass is 323 g/mol. The Kier molecular flexibility index (Phi) is 4.13. The maximum absolute atomic E-state index is 5.79. The Bertz CT molecular complexity index is 802. The van der Waals surface area contributed by atoms with Gasteiger partial charge in [0, 0.05) is 11.3 Å². The molecule has 0 atom stereocenters. The Labute approximate surface area is 140 Å². The van der Waals surface area contributed by atoms with Crippen LogP contribution in [0.3, 0.4) is 0 Å². The summed E-state index contributed by atoms with van der Waals surface area (Å²) in [5.74, 6) is 1.73. The fourth-order valence-electron chi connectivity index (χ4n) is 3.30. The average Bonchev–Trinajstić information content (AvgIpc) is 3.25. The maximum atomic E-state index is 5.79. The van der Waals surface area contributed by atoms with Crippen LogP contribution in [0.2, 0.25) is 0 Å². The van der Waals surface area contributed by atoms with E-state index in [4.69, 9.17) is 4.42 Å². The molecule has 124 valence electrons. The van der Waals surface area contributed by atoms with E-state index in [0.29, 0.717) is 24.2 Å².